The van der Waals surface area contributed by atoms with Crippen molar-refractivity contribution in [3.63, 3.8) is 0 Å². The fourth-order valence-corrected chi connectivity index (χ4v) is 2.77. The van der Waals surface area contributed by atoms with Gasteiger partial charge in [0.1, 0.15) is 5.82 Å². The highest BCUT2D eigenvalue weighted by atomic mass is 19.1. The van der Waals surface area contributed by atoms with Crippen molar-refractivity contribution in [1.29, 1.82) is 0 Å². The SMILES string of the molecule is Cc1cc(F)ccc1-c1ccc2c(c1)CCC2N. The number of nitrogens with two attached hydrogens (primary N) is 1. The molecule has 1 atom stereocenters. The lowest BCUT2D eigenvalue weighted by atomic mass is 9.97. The van der Waals surface area contributed by atoms with E-state index >= 15 is 0 Å². The Kier molecular flexibility index (Phi) is 2.67. The van der Waals surface area contributed by atoms with Crippen LogP contribution in [0.25, 0.3) is 11.1 Å². The first-order valence-electron chi connectivity index (χ1n) is 6.30. The van der Waals surface area contributed by atoms with Gasteiger partial charge in [0.2, 0.25) is 0 Å². The number of benzene rings is 2. The lowest BCUT2D eigenvalue weighted by Gasteiger charge is -2.09. The molecule has 0 amide bonds. The van der Waals surface area contributed by atoms with Crippen LogP contribution in [0.15, 0.2) is 36.4 Å². The predicted octanol–water partition coefficient (Wildman–Crippen LogP) is 3.75. The van der Waals surface area contributed by atoms with E-state index in [0.29, 0.717) is 0 Å². The van der Waals surface area contributed by atoms with Crippen LogP contribution in [0.1, 0.15) is 29.2 Å². The standard InChI is InChI=1S/C16H16FN/c1-10-8-13(17)4-6-14(10)11-2-5-15-12(9-11)3-7-16(15)18/h2,4-6,8-9,16H,3,7,18H2,1H3. The zero-order valence-corrected chi connectivity index (χ0v) is 10.4. The molecule has 0 saturated carbocycles. The molecule has 0 bridgehead atoms. The summed E-state index contributed by atoms with van der Waals surface area (Å²) in [6, 6.07) is 11.5. The highest BCUT2D eigenvalue weighted by Gasteiger charge is 2.19. The highest BCUT2D eigenvalue weighted by molar-refractivity contribution is 5.68. The largest absolute Gasteiger partial charge is 0.324 e. The Morgan fingerprint density at radius 3 is 2.78 bits per heavy atom. The Morgan fingerprint density at radius 2 is 2.00 bits per heavy atom. The Hall–Kier alpha value is -1.67. The minimum atomic E-state index is -0.181. The summed E-state index contributed by atoms with van der Waals surface area (Å²) < 4.78 is 13.1. The van der Waals surface area contributed by atoms with Crippen LogP contribution >= 0.6 is 0 Å². The third kappa shape index (κ3) is 1.83. The number of hydrogen-bond acceptors (Lipinski definition) is 1. The van der Waals surface area contributed by atoms with Gasteiger partial charge in [-0.25, -0.2) is 4.39 Å². The maximum absolute atomic E-state index is 13.1. The van der Waals surface area contributed by atoms with E-state index in [1.807, 2.05) is 13.0 Å². The normalized spacial score (nSPS) is 17.8. The molecule has 0 fully saturated rings. The number of aryl methyl sites for hydroxylation is 2. The fourth-order valence-electron chi connectivity index (χ4n) is 2.77. The van der Waals surface area contributed by atoms with Gasteiger partial charge >= 0.3 is 0 Å². The van der Waals surface area contributed by atoms with E-state index in [4.69, 9.17) is 5.73 Å². The van der Waals surface area contributed by atoms with Crippen LogP contribution in [0, 0.1) is 12.7 Å². The Balaban J connectivity index is 2.08. The Labute approximate surface area is 106 Å². The monoisotopic (exact) mass is 241 g/mol. The molecule has 2 aromatic carbocycles. The van der Waals surface area contributed by atoms with E-state index in [1.165, 1.54) is 17.2 Å². The number of fused-ring (bicyclic) bond motifs is 1. The molecular weight excluding hydrogens is 225 g/mol. The molecule has 0 heterocycles. The quantitative estimate of drug-likeness (QED) is 0.808. The first kappa shape index (κ1) is 11.4. The topological polar surface area (TPSA) is 26.0 Å². The first-order valence-corrected chi connectivity index (χ1v) is 6.30. The van der Waals surface area contributed by atoms with Crippen molar-refractivity contribution >= 4 is 0 Å². The number of rotatable bonds is 1. The summed E-state index contributed by atoms with van der Waals surface area (Å²) in [5.41, 5.74) is 11.9. The summed E-state index contributed by atoms with van der Waals surface area (Å²) in [7, 11) is 0. The van der Waals surface area contributed by atoms with Gasteiger partial charge in [-0.2, -0.15) is 0 Å². The van der Waals surface area contributed by atoms with Crippen molar-refractivity contribution in [2.24, 2.45) is 5.73 Å². The van der Waals surface area contributed by atoms with Gasteiger partial charge in [0, 0.05) is 6.04 Å². The molecule has 0 radical (unpaired) electrons. The molecule has 1 aliphatic carbocycles. The van der Waals surface area contributed by atoms with Gasteiger partial charge in [0.15, 0.2) is 0 Å². The molecule has 0 aliphatic heterocycles. The molecule has 1 nitrogen and oxygen atoms in total. The van der Waals surface area contributed by atoms with Crippen molar-refractivity contribution in [2.75, 3.05) is 0 Å². The first-order chi connectivity index (χ1) is 8.65. The van der Waals surface area contributed by atoms with Gasteiger partial charge in [-0.1, -0.05) is 24.3 Å². The van der Waals surface area contributed by atoms with Crippen molar-refractivity contribution in [3.05, 3.63) is 58.9 Å². The second-order valence-corrected chi connectivity index (χ2v) is 5.02. The average Bonchev–Trinajstić information content (AvgIpc) is 2.71. The fraction of sp³-hybridized carbons (Fsp3) is 0.250. The second-order valence-electron chi connectivity index (χ2n) is 5.02. The van der Waals surface area contributed by atoms with Crippen LogP contribution in [0.2, 0.25) is 0 Å². The summed E-state index contributed by atoms with van der Waals surface area (Å²) >= 11 is 0. The summed E-state index contributed by atoms with van der Waals surface area (Å²) in [4.78, 5) is 0. The van der Waals surface area contributed by atoms with Crippen molar-refractivity contribution in [1.82, 2.24) is 0 Å². The van der Waals surface area contributed by atoms with Crippen LogP contribution in [0.3, 0.4) is 0 Å². The average molecular weight is 241 g/mol. The predicted molar refractivity (Wildman–Crippen MR) is 71.8 cm³/mol. The van der Waals surface area contributed by atoms with Gasteiger partial charge in [0.05, 0.1) is 0 Å². The van der Waals surface area contributed by atoms with Crippen LogP contribution in [-0.2, 0) is 6.42 Å². The lowest BCUT2D eigenvalue weighted by molar-refractivity contribution is 0.627. The second kappa shape index (κ2) is 4.21. The van der Waals surface area contributed by atoms with E-state index in [0.717, 1.165) is 29.5 Å². The summed E-state index contributed by atoms with van der Waals surface area (Å²) in [5.74, 6) is -0.181. The Bertz CT molecular complexity index is 604. The van der Waals surface area contributed by atoms with Crippen LogP contribution in [-0.4, -0.2) is 0 Å². The summed E-state index contributed by atoms with van der Waals surface area (Å²) in [5, 5.41) is 0. The minimum Gasteiger partial charge on any atom is -0.324 e. The maximum atomic E-state index is 13.1. The molecule has 2 heteroatoms. The molecular formula is C16H16FN. The third-order valence-electron chi connectivity index (χ3n) is 3.77. The summed E-state index contributed by atoms with van der Waals surface area (Å²) in [6.45, 7) is 1.94. The molecule has 0 saturated heterocycles. The highest BCUT2D eigenvalue weighted by Crippen LogP contribution is 2.33. The molecule has 92 valence electrons. The molecule has 0 spiro atoms. The van der Waals surface area contributed by atoms with Crippen LogP contribution in [0.5, 0.6) is 0 Å². The molecule has 2 aromatic rings. The van der Waals surface area contributed by atoms with E-state index in [9.17, 15) is 4.39 Å². The molecule has 1 unspecified atom stereocenters. The smallest absolute Gasteiger partial charge is 0.123 e. The number of halogens is 1. The third-order valence-corrected chi connectivity index (χ3v) is 3.77. The minimum absolute atomic E-state index is 0.181. The van der Waals surface area contributed by atoms with Gasteiger partial charge in [-0.3, -0.25) is 0 Å². The van der Waals surface area contributed by atoms with E-state index in [2.05, 4.69) is 18.2 Å². The lowest BCUT2D eigenvalue weighted by Crippen LogP contribution is -2.04. The van der Waals surface area contributed by atoms with Crippen molar-refractivity contribution < 1.29 is 4.39 Å². The van der Waals surface area contributed by atoms with Gasteiger partial charge in [-0.15, -0.1) is 0 Å². The maximum Gasteiger partial charge on any atom is 0.123 e. The molecule has 18 heavy (non-hydrogen) atoms. The zero-order valence-electron chi connectivity index (χ0n) is 10.4. The van der Waals surface area contributed by atoms with E-state index in [1.54, 1.807) is 6.07 Å². The Morgan fingerprint density at radius 1 is 1.17 bits per heavy atom. The van der Waals surface area contributed by atoms with Gasteiger partial charge in [-0.05, 0) is 59.7 Å². The van der Waals surface area contributed by atoms with Crippen molar-refractivity contribution in [2.45, 2.75) is 25.8 Å². The van der Waals surface area contributed by atoms with E-state index < -0.39 is 0 Å². The van der Waals surface area contributed by atoms with E-state index in [-0.39, 0.29) is 11.9 Å². The van der Waals surface area contributed by atoms with Crippen LogP contribution in [0.4, 0.5) is 4.39 Å². The van der Waals surface area contributed by atoms with Crippen molar-refractivity contribution in [3.8, 4) is 11.1 Å². The van der Waals surface area contributed by atoms with Gasteiger partial charge < -0.3 is 5.73 Å². The molecule has 3 rings (SSSR count). The number of hydrogen-bond donors (Lipinski definition) is 1. The molecule has 1 aliphatic rings. The zero-order chi connectivity index (χ0) is 12.7. The summed E-state index contributed by atoms with van der Waals surface area (Å²) in [6.07, 6.45) is 2.08. The molecule has 0 aromatic heterocycles. The van der Waals surface area contributed by atoms with Crippen LogP contribution < -0.4 is 5.73 Å². The molecule has 2 N–H and O–H groups in total. The van der Waals surface area contributed by atoms with Gasteiger partial charge in [0.25, 0.3) is 0 Å².